The third-order valence-corrected chi connectivity index (χ3v) is 1.97. The van der Waals surface area contributed by atoms with E-state index >= 15 is 0 Å². The van der Waals surface area contributed by atoms with Crippen LogP contribution in [0.2, 0.25) is 0 Å². The summed E-state index contributed by atoms with van der Waals surface area (Å²) in [5.41, 5.74) is 9.38. The van der Waals surface area contributed by atoms with E-state index in [4.69, 9.17) is 10.3 Å². The van der Waals surface area contributed by atoms with Crippen LogP contribution in [0.4, 0.5) is 0 Å². The van der Waals surface area contributed by atoms with E-state index in [1.54, 1.807) is 6.08 Å². The van der Waals surface area contributed by atoms with Gasteiger partial charge in [0.1, 0.15) is 6.61 Å². The number of esters is 1. The molecule has 5 nitrogen and oxygen atoms in total. The van der Waals surface area contributed by atoms with Crippen LogP contribution in [0.25, 0.3) is 16.5 Å². The Hall–Kier alpha value is -2.26. The maximum atomic E-state index is 10.6. The molecule has 0 fully saturated rings. The molecule has 0 aromatic heterocycles. The maximum Gasteiger partial charge on any atom is 0.302 e. The van der Waals surface area contributed by atoms with Gasteiger partial charge in [-0.1, -0.05) is 47.6 Å². The zero-order valence-electron chi connectivity index (χ0n) is 9.48. The highest BCUT2D eigenvalue weighted by Crippen LogP contribution is 2.04. The minimum absolute atomic E-state index is 0.0583. The van der Waals surface area contributed by atoms with Gasteiger partial charge >= 0.3 is 5.97 Å². The van der Waals surface area contributed by atoms with Gasteiger partial charge in [-0.2, -0.15) is 0 Å². The van der Waals surface area contributed by atoms with Gasteiger partial charge in [-0.05, 0) is 11.1 Å². The van der Waals surface area contributed by atoms with Crippen molar-refractivity contribution >= 4 is 12.0 Å². The van der Waals surface area contributed by atoms with Crippen molar-refractivity contribution in [2.45, 2.75) is 13.0 Å². The van der Waals surface area contributed by atoms with E-state index in [-0.39, 0.29) is 6.61 Å². The van der Waals surface area contributed by atoms with Crippen LogP contribution in [0.1, 0.15) is 12.5 Å². The fraction of sp³-hybridized carbons (Fsp3) is 0.250. The van der Waals surface area contributed by atoms with Crippen molar-refractivity contribution in [2.24, 2.45) is 5.11 Å². The lowest BCUT2D eigenvalue weighted by molar-refractivity contribution is -0.141. The summed E-state index contributed by atoms with van der Waals surface area (Å²) >= 11 is 0. The number of azide groups is 1. The lowest BCUT2D eigenvalue weighted by Gasteiger charge is -2.05. The van der Waals surface area contributed by atoms with Gasteiger partial charge < -0.3 is 4.74 Å². The summed E-state index contributed by atoms with van der Waals surface area (Å²) in [7, 11) is 0. The molecule has 0 heterocycles. The molecule has 1 aromatic carbocycles. The summed E-state index contributed by atoms with van der Waals surface area (Å²) in [6.45, 7) is 1.37. The summed E-state index contributed by atoms with van der Waals surface area (Å²) in [6, 6.07) is 9.11. The van der Waals surface area contributed by atoms with Gasteiger partial charge in [0.15, 0.2) is 0 Å². The van der Waals surface area contributed by atoms with Gasteiger partial charge in [0.05, 0.1) is 6.04 Å². The van der Waals surface area contributed by atoms with E-state index in [0.29, 0.717) is 0 Å². The highest BCUT2D eigenvalue weighted by molar-refractivity contribution is 5.66. The third kappa shape index (κ3) is 5.39. The molecule has 0 saturated heterocycles. The van der Waals surface area contributed by atoms with Crippen molar-refractivity contribution in [3.8, 4) is 0 Å². The first-order valence-corrected chi connectivity index (χ1v) is 5.13. The Morgan fingerprint density at radius 2 is 2.24 bits per heavy atom. The molecule has 0 saturated carbocycles. The smallest absolute Gasteiger partial charge is 0.302 e. The van der Waals surface area contributed by atoms with Crippen molar-refractivity contribution in [3.63, 3.8) is 0 Å². The molecule has 0 N–H and O–H groups in total. The Kier molecular flexibility index (Phi) is 5.34. The molecule has 5 heteroatoms. The molecule has 0 spiro atoms. The van der Waals surface area contributed by atoms with E-state index in [1.165, 1.54) is 6.92 Å². The lowest BCUT2D eigenvalue weighted by Crippen LogP contribution is -2.12. The van der Waals surface area contributed by atoms with Crippen LogP contribution in [-0.2, 0) is 9.53 Å². The minimum Gasteiger partial charge on any atom is -0.465 e. The molecule has 0 radical (unpaired) electrons. The highest BCUT2D eigenvalue weighted by Gasteiger charge is 2.03. The van der Waals surface area contributed by atoms with E-state index in [0.717, 1.165) is 5.56 Å². The quantitative estimate of drug-likeness (QED) is 0.338. The van der Waals surface area contributed by atoms with Gasteiger partial charge in [0.25, 0.3) is 0 Å². The molecule has 0 aliphatic heterocycles. The Morgan fingerprint density at radius 1 is 1.53 bits per heavy atom. The van der Waals surface area contributed by atoms with Crippen LogP contribution in [0.5, 0.6) is 0 Å². The normalized spacial score (nSPS) is 11.8. The zero-order valence-corrected chi connectivity index (χ0v) is 9.48. The van der Waals surface area contributed by atoms with Gasteiger partial charge in [-0.3, -0.25) is 4.79 Å². The number of rotatable bonds is 5. The molecule has 0 aliphatic rings. The second-order valence-electron chi connectivity index (χ2n) is 3.34. The fourth-order valence-corrected chi connectivity index (χ4v) is 1.18. The number of hydrogen-bond acceptors (Lipinski definition) is 3. The molecule has 0 amide bonds. The van der Waals surface area contributed by atoms with Crippen LogP contribution < -0.4 is 0 Å². The molecule has 1 atom stereocenters. The van der Waals surface area contributed by atoms with Gasteiger partial charge in [0, 0.05) is 11.8 Å². The predicted molar refractivity (Wildman–Crippen MR) is 65.0 cm³/mol. The SMILES string of the molecule is CC(=O)OC[C@H](/C=C/c1ccccc1)N=[N+]=[N-]. The number of ether oxygens (including phenoxy) is 1. The molecular formula is C12H13N3O2. The Bertz CT molecular complexity index is 436. The minimum atomic E-state index is -0.482. The molecule has 1 aromatic rings. The van der Waals surface area contributed by atoms with Crippen molar-refractivity contribution in [2.75, 3.05) is 6.61 Å². The maximum absolute atomic E-state index is 10.6. The number of nitrogens with zero attached hydrogens (tertiary/aromatic N) is 3. The van der Waals surface area contributed by atoms with E-state index in [1.807, 2.05) is 36.4 Å². The summed E-state index contributed by atoms with van der Waals surface area (Å²) in [5.74, 6) is -0.392. The van der Waals surface area contributed by atoms with Crippen molar-refractivity contribution in [3.05, 3.63) is 52.4 Å². The number of benzene rings is 1. The summed E-state index contributed by atoms with van der Waals surface area (Å²) in [6.07, 6.45) is 3.53. The number of carbonyl (C=O) groups is 1. The first-order chi connectivity index (χ1) is 8.22. The largest absolute Gasteiger partial charge is 0.465 e. The molecule has 0 unspecified atom stereocenters. The standard InChI is InChI=1S/C12H13N3O2/c1-10(16)17-9-12(14-15-13)8-7-11-5-3-2-4-6-11/h2-8,12H,9H2,1H3/b8-7+/t12-/m0/s1. The molecular weight excluding hydrogens is 218 g/mol. The average molecular weight is 231 g/mol. The second-order valence-corrected chi connectivity index (χ2v) is 3.34. The average Bonchev–Trinajstić information content (AvgIpc) is 2.34. The van der Waals surface area contributed by atoms with Crippen molar-refractivity contribution in [1.82, 2.24) is 0 Å². The summed E-state index contributed by atoms with van der Waals surface area (Å²) < 4.78 is 4.79. The zero-order chi connectivity index (χ0) is 12.5. The van der Waals surface area contributed by atoms with Crippen LogP contribution in [0.3, 0.4) is 0 Å². The van der Waals surface area contributed by atoms with Crippen molar-refractivity contribution in [1.29, 1.82) is 0 Å². The lowest BCUT2D eigenvalue weighted by atomic mass is 10.2. The Balaban J connectivity index is 2.63. The Morgan fingerprint density at radius 3 is 2.82 bits per heavy atom. The number of hydrogen-bond donors (Lipinski definition) is 0. The van der Waals surface area contributed by atoms with Crippen LogP contribution in [0, 0.1) is 0 Å². The first kappa shape index (κ1) is 12.8. The van der Waals surface area contributed by atoms with Crippen LogP contribution >= 0.6 is 0 Å². The topological polar surface area (TPSA) is 75.1 Å². The molecule has 0 aliphatic carbocycles. The van der Waals surface area contributed by atoms with E-state index in [2.05, 4.69) is 10.0 Å². The monoisotopic (exact) mass is 231 g/mol. The molecule has 1 rings (SSSR count). The fourth-order valence-electron chi connectivity index (χ4n) is 1.18. The first-order valence-electron chi connectivity index (χ1n) is 5.13. The van der Waals surface area contributed by atoms with Gasteiger partial charge in [-0.15, -0.1) is 0 Å². The van der Waals surface area contributed by atoms with Gasteiger partial charge in [0.2, 0.25) is 0 Å². The van der Waals surface area contributed by atoms with Crippen molar-refractivity contribution < 1.29 is 9.53 Å². The van der Waals surface area contributed by atoms with Crippen LogP contribution in [0.15, 0.2) is 41.5 Å². The summed E-state index contributed by atoms with van der Waals surface area (Å²) in [5, 5.41) is 3.53. The summed E-state index contributed by atoms with van der Waals surface area (Å²) in [4.78, 5) is 13.4. The predicted octanol–water partition coefficient (Wildman–Crippen LogP) is 2.94. The van der Waals surface area contributed by atoms with E-state index in [9.17, 15) is 4.79 Å². The highest BCUT2D eigenvalue weighted by atomic mass is 16.5. The Labute approximate surface area is 99.3 Å². The molecule has 17 heavy (non-hydrogen) atoms. The molecule has 0 bridgehead atoms. The second kappa shape index (κ2) is 7.09. The van der Waals surface area contributed by atoms with E-state index < -0.39 is 12.0 Å². The number of carbonyl (C=O) groups excluding carboxylic acids is 1. The van der Waals surface area contributed by atoms with Gasteiger partial charge in [-0.25, -0.2) is 0 Å². The molecule has 88 valence electrons. The van der Waals surface area contributed by atoms with Crippen LogP contribution in [-0.4, -0.2) is 18.6 Å². The third-order valence-electron chi connectivity index (χ3n) is 1.97.